The van der Waals surface area contributed by atoms with Crippen molar-refractivity contribution >= 4 is 11.9 Å². The van der Waals surface area contributed by atoms with Gasteiger partial charge in [-0.15, -0.1) is 0 Å². The summed E-state index contributed by atoms with van der Waals surface area (Å²) in [6.45, 7) is -0.699. The molecule has 6 nitrogen and oxygen atoms in total. The van der Waals surface area contributed by atoms with Crippen LogP contribution in [0.15, 0.2) is 30.3 Å². The van der Waals surface area contributed by atoms with E-state index in [4.69, 9.17) is 5.11 Å². The molecular formula is C12H14O6. The Morgan fingerprint density at radius 1 is 1.11 bits per heavy atom. The predicted octanol–water partition coefficient (Wildman–Crippen LogP) is -0.163. The number of aliphatic carboxylic acids is 2. The molecule has 0 amide bonds. The van der Waals surface area contributed by atoms with Crippen molar-refractivity contribution in [2.75, 3.05) is 6.61 Å². The fourth-order valence-electron chi connectivity index (χ4n) is 1.77. The highest BCUT2D eigenvalue weighted by Crippen LogP contribution is 2.30. The molecule has 98 valence electrons. The second-order valence-electron chi connectivity index (χ2n) is 3.92. The number of aliphatic hydroxyl groups excluding tert-OH is 2. The van der Waals surface area contributed by atoms with E-state index in [1.54, 1.807) is 6.07 Å². The van der Waals surface area contributed by atoms with Gasteiger partial charge in [0, 0.05) is 6.42 Å². The molecule has 0 heterocycles. The maximum atomic E-state index is 11.3. The van der Waals surface area contributed by atoms with Gasteiger partial charge in [-0.25, -0.2) is 0 Å². The van der Waals surface area contributed by atoms with Crippen molar-refractivity contribution in [1.29, 1.82) is 0 Å². The molecule has 0 aliphatic heterocycles. The number of rotatable bonds is 6. The van der Waals surface area contributed by atoms with Crippen LogP contribution < -0.4 is 0 Å². The van der Waals surface area contributed by atoms with E-state index in [0.717, 1.165) is 0 Å². The lowest BCUT2D eigenvalue weighted by molar-refractivity contribution is -0.159. The van der Waals surface area contributed by atoms with E-state index in [2.05, 4.69) is 0 Å². The minimum Gasteiger partial charge on any atom is -0.480 e. The highest BCUT2D eigenvalue weighted by atomic mass is 16.4. The molecule has 0 saturated carbocycles. The Hall–Kier alpha value is -1.92. The molecule has 0 aliphatic carbocycles. The van der Waals surface area contributed by atoms with Crippen molar-refractivity contribution in [3.05, 3.63) is 35.9 Å². The Morgan fingerprint density at radius 3 is 2.00 bits per heavy atom. The van der Waals surface area contributed by atoms with Crippen LogP contribution in [0, 0.1) is 0 Å². The molecule has 1 atom stereocenters. The molecule has 0 radical (unpaired) electrons. The fraction of sp³-hybridized carbons (Fsp3) is 0.333. The molecule has 1 rings (SSSR count). The summed E-state index contributed by atoms with van der Waals surface area (Å²) in [5.74, 6) is -3.15. The first-order chi connectivity index (χ1) is 8.45. The van der Waals surface area contributed by atoms with Crippen LogP contribution in [-0.2, 0) is 15.0 Å². The van der Waals surface area contributed by atoms with Crippen LogP contribution in [0.1, 0.15) is 12.0 Å². The number of carboxylic acid groups (broad SMARTS) is 2. The molecule has 18 heavy (non-hydrogen) atoms. The average Bonchev–Trinajstić information content (AvgIpc) is 2.35. The molecule has 0 saturated heterocycles. The number of aliphatic hydroxyl groups is 2. The van der Waals surface area contributed by atoms with Gasteiger partial charge in [0.05, 0.1) is 12.7 Å². The highest BCUT2D eigenvalue weighted by Gasteiger charge is 2.49. The summed E-state index contributed by atoms with van der Waals surface area (Å²) in [6, 6.07) is 7.39. The largest absolute Gasteiger partial charge is 0.480 e. The first-order valence-corrected chi connectivity index (χ1v) is 5.26. The monoisotopic (exact) mass is 254 g/mol. The van der Waals surface area contributed by atoms with Crippen molar-refractivity contribution in [3.8, 4) is 0 Å². The molecular weight excluding hydrogens is 240 g/mol. The van der Waals surface area contributed by atoms with Gasteiger partial charge in [0.2, 0.25) is 0 Å². The molecule has 0 aliphatic rings. The summed E-state index contributed by atoms with van der Waals surface area (Å²) < 4.78 is 0. The first kappa shape index (κ1) is 14.1. The lowest BCUT2D eigenvalue weighted by Crippen LogP contribution is -2.46. The third-order valence-electron chi connectivity index (χ3n) is 2.75. The topological polar surface area (TPSA) is 115 Å². The van der Waals surface area contributed by atoms with E-state index in [9.17, 15) is 24.9 Å². The van der Waals surface area contributed by atoms with Gasteiger partial charge < -0.3 is 20.4 Å². The van der Waals surface area contributed by atoms with Crippen LogP contribution in [0.5, 0.6) is 0 Å². The third kappa shape index (κ3) is 2.49. The number of hydrogen-bond donors (Lipinski definition) is 4. The predicted molar refractivity (Wildman–Crippen MR) is 61.1 cm³/mol. The minimum atomic E-state index is -2.26. The van der Waals surface area contributed by atoms with E-state index in [-0.39, 0.29) is 5.56 Å². The first-order valence-electron chi connectivity index (χ1n) is 5.26. The van der Waals surface area contributed by atoms with Gasteiger partial charge in [-0.3, -0.25) is 9.59 Å². The van der Waals surface area contributed by atoms with Crippen molar-refractivity contribution in [1.82, 2.24) is 0 Å². The fourth-order valence-corrected chi connectivity index (χ4v) is 1.77. The molecule has 6 heteroatoms. The molecule has 1 aromatic carbocycles. The van der Waals surface area contributed by atoms with Crippen molar-refractivity contribution < 1.29 is 30.0 Å². The Balaban J connectivity index is 3.31. The van der Waals surface area contributed by atoms with E-state index in [1.165, 1.54) is 24.3 Å². The number of carboxylic acids is 2. The highest BCUT2D eigenvalue weighted by molar-refractivity contribution is 6.04. The van der Waals surface area contributed by atoms with Crippen LogP contribution in [-0.4, -0.2) is 45.1 Å². The Bertz CT molecular complexity index is 413. The molecule has 4 N–H and O–H groups in total. The Kier molecular flexibility index (Phi) is 4.41. The molecule has 0 bridgehead atoms. The Labute approximate surface area is 103 Å². The van der Waals surface area contributed by atoms with Gasteiger partial charge >= 0.3 is 11.9 Å². The number of benzene rings is 1. The Morgan fingerprint density at radius 2 is 1.61 bits per heavy atom. The number of hydrogen-bond acceptors (Lipinski definition) is 4. The summed E-state index contributed by atoms with van der Waals surface area (Å²) >= 11 is 0. The van der Waals surface area contributed by atoms with E-state index in [1.807, 2.05) is 0 Å². The van der Waals surface area contributed by atoms with Crippen molar-refractivity contribution in [2.24, 2.45) is 0 Å². The van der Waals surface area contributed by atoms with Crippen molar-refractivity contribution in [2.45, 2.75) is 17.9 Å². The molecule has 0 spiro atoms. The molecule has 0 fully saturated rings. The standard InChI is InChI=1S/C12H14O6/c13-7-9(14)6-12(10(15)16,11(17)18)8-4-2-1-3-5-8/h1-5,9,13-14H,6-7H2,(H,15,16)(H,17,18). The van der Waals surface area contributed by atoms with E-state index >= 15 is 0 Å². The van der Waals surface area contributed by atoms with Gasteiger partial charge in [-0.2, -0.15) is 0 Å². The smallest absolute Gasteiger partial charge is 0.325 e. The van der Waals surface area contributed by atoms with Gasteiger partial charge in [0.15, 0.2) is 5.41 Å². The lowest BCUT2D eigenvalue weighted by Gasteiger charge is -2.27. The van der Waals surface area contributed by atoms with E-state index < -0.39 is 36.5 Å². The zero-order chi connectivity index (χ0) is 13.8. The lowest BCUT2D eigenvalue weighted by atomic mass is 9.76. The van der Waals surface area contributed by atoms with Crippen LogP contribution in [0.25, 0.3) is 0 Å². The zero-order valence-corrected chi connectivity index (χ0v) is 9.48. The van der Waals surface area contributed by atoms with Gasteiger partial charge in [0.25, 0.3) is 0 Å². The second kappa shape index (κ2) is 5.61. The van der Waals surface area contributed by atoms with Crippen molar-refractivity contribution in [3.63, 3.8) is 0 Å². The minimum absolute atomic E-state index is 0.0532. The summed E-state index contributed by atoms with van der Waals surface area (Å²) in [4.78, 5) is 22.7. The van der Waals surface area contributed by atoms with E-state index in [0.29, 0.717) is 0 Å². The van der Waals surface area contributed by atoms with Crippen LogP contribution >= 0.6 is 0 Å². The SMILES string of the molecule is O=C(O)C(CC(O)CO)(C(=O)O)c1ccccc1. The molecule has 1 aromatic rings. The quantitative estimate of drug-likeness (QED) is 0.524. The zero-order valence-electron chi connectivity index (χ0n) is 9.48. The normalized spacial score (nSPS) is 13.0. The maximum absolute atomic E-state index is 11.3. The third-order valence-corrected chi connectivity index (χ3v) is 2.75. The van der Waals surface area contributed by atoms with Gasteiger partial charge in [0.1, 0.15) is 0 Å². The van der Waals surface area contributed by atoms with Crippen LogP contribution in [0.3, 0.4) is 0 Å². The summed E-state index contributed by atoms with van der Waals surface area (Å²) in [5.41, 5.74) is -2.21. The maximum Gasteiger partial charge on any atom is 0.325 e. The second-order valence-corrected chi connectivity index (χ2v) is 3.92. The van der Waals surface area contributed by atoms with Crippen LogP contribution in [0.4, 0.5) is 0 Å². The average molecular weight is 254 g/mol. The van der Waals surface area contributed by atoms with Gasteiger partial charge in [-0.1, -0.05) is 30.3 Å². The molecule has 1 unspecified atom stereocenters. The number of carbonyl (C=O) groups is 2. The summed E-state index contributed by atoms with van der Waals surface area (Å²) in [6.07, 6.45) is -2.02. The van der Waals surface area contributed by atoms with Crippen LogP contribution in [0.2, 0.25) is 0 Å². The summed E-state index contributed by atoms with van der Waals surface area (Å²) in [5, 5.41) is 36.6. The molecule has 0 aromatic heterocycles. The summed E-state index contributed by atoms with van der Waals surface area (Å²) in [7, 11) is 0. The van der Waals surface area contributed by atoms with Gasteiger partial charge in [-0.05, 0) is 5.56 Å².